The van der Waals surface area contributed by atoms with Crippen molar-refractivity contribution in [1.29, 1.82) is 0 Å². The number of para-hydroxylation sites is 1. The third-order valence-corrected chi connectivity index (χ3v) is 5.66. The zero-order valence-electron chi connectivity index (χ0n) is 18.0. The Bertz CT molecular complexity index is 1300. The van der Waals surface area contributed by atoms with Gasteiger partial charge >= 0.3 is 0 Å². The number of benzene rings is 1. The van der Waals surface area contributed by atoms with Gasteiger partial charge in [0, 0.05) is 35.9 Å². The Morgan fingerprint density at radius 3 is 2.77 bits per heavy atom. The maximum Gasteiger partial charge on any atom is 0.238 e. The number of nitrogens with zero attached hydrogens (tertiary/aromatic N) is 5. The number of fused-ring (bicyclic) bond motifs is 1. The van der Waals surface area contributed by atoms with Crippen LogP contribution in [0.15, 0.2) is 60.3 Å². The summed E-state index contributed by atoms with van der Waals surface area (Å²) in [6.07, 6.45) is 5.81. The number of ether oxygens (including phenoxy) is 1. The Morgan fingerprint density at radius 1 is 1.16 bits per heavy atom. The Labute approximate surface area is 180 Å². The van der Waals surface area contributed by atoms with Crippen molar-refractivity contribution in [2.75, 3.05) is 13.7 Å². The third-order valence-electron chi connectivity index (χ3n) is 5.66. The zero-order chi connectivity index (χ0) is 21.6. The second-order valence-electron chi connectivity index (χ2n) is 7.99. The summed E-state index contributed by atoms with van der Waals surface area (Å²) in [5.74, 6) is 1.05. The predicted molar refractivity (Wildman–Crippen MR) is 119 cm³/mol. The molecule has 0 fully saturated rings. The van der Waals surface area contributed by atoms with Crippen molar-refractivity contribution in [1.82, 2.24) is 24.4 Å². The molecule has 4 aromatic rings. The number of methoxy groups -OCH3 is 1. The fraction of sp³-hybridized carbons (Fsp3) is 0.261. The van der Waals surface area contributed by atoms with Gasteiger partial charge < -0.3 is 24.0 Å². The molecule has 1 unspecified atom stereocenters. The molecule has 8 nitrogen and oxygen atoms in total. The van der Waals surface area contributed by atoms with Crippen LogP contribution in [-0.4, -0.2) is 38.7 Å². The van der Waals surface area contributed by atoms with E-state index in [-0.39, 0.29) is 0 Å². The fourth-order valence-corrected chi connectivity index (χ4v) is 4.05. The summed E-state index contributed by atoms with van der Waals surface area (Å²) in [6.45, 7) is 4.47. The molecule has 0 saturated heterocycles. The number of hydrogen-bond acceptors (Lipinski definition) is 6. The van der Waals surface area contributed by atoms with Gasteiger partial charge in [-0.2, -0.15) is 0 Å². The largest absolute Gasteiger partial charge is 0.479 e. The maximum absolute atomic E-state index is 5.68. The first-order valence-electron chi connectivity index (χ1n) is 10.1. The molecule has 3 aromatic heterocycles. The molecule has 0 aliphatic carbocycles. The molecule has 1 aliphatic heterocycles. The molecule has 1 aliphatic rings. The van der Waals surface area contributed by atoms with E-state index in [2.05, 4.69) is 63.4 Å². The molecule has 1 atom stereocenters. The number of rotatable bonds is 4. The molecule has 0 bridgehead atoms. The highest BCUT2D eigenvalue weighted by atomic mass is 16.6. The monoisotopic (exact) mass is 416 g/mol. The third kappa shape index (κ3) is 3.20. The highest BCUT2D eigenvalue weighted by Crippen LogP contribution is 2.32. The van der Waals surface area contributed by atoms with Crippen LogP contribution in [-0.2, 0) is 17.4 Å². The van der Waals surface area contributed by atoms with E-state index < -0.39 is 5.54 Å². The van der Waals surface area contributed by atoms with Gasteiger partial charge in [-0.3, -0.25) is 0 Å². The van der Waals surface area contributed by atoms with E-state index in [0.717, 1.165) is 16.9 Å². The van der Waals surface area contributed by atoms with Gasteiger partial charge in [-0.05, 0) is 32.0 Å². The van der Waals surface area contributed by atoms with Gasteiger partial charge in [-0.15, -0.1) is 0 Å². The minimum Gasteiger partial charge on any atom is -0.479 e. The van der Waals surface area contributed by atoms with Crippen molar-refractivity contribution >= 4 is 16.7 Å². The van der Waals surface area contributed by atoms with E-state index in [4.69, 9.17) is 9.57 Å². The minimum atomic E-state index is -0.465. The van der Waals surface area contributed by atoms with Gasteiger partial charge in [0.2, 0.25) is 5.88 Å². The average molecular weight is 416 g/mol. The number of imidazole rings is 1. The number of hydrogen-bond donors (Lipinski definition) is 1. The highest BCUT2D eigenvalue weighted by molar-refractivity contribution is 5.98. The maximum atomic E-state index is 5.68. The standard InChI is InChI=1S/C23H24N6O2/c1-15-11-29(14-24-15)20-10-9-18(25-22(20)30-4)21-26-23(2,13-31-27-21)17-12-28(3)19-8-6-5-7-16(17)19/h5-12,14H,13H2,1-4H3,(H,26,27). The van der Waals surface area contributed by atoms with Crippen LogP contribution in [0.3, 0.4) is 0 Å². The number of amidine groups is 1. The molecular weight excluding hydrogens is 392 g/mol. The zero-order valence-corrected chi connectivity index (χ0v) is 18.0. The molecule has 8 heteroatoms. The SMILES string of the molecule is COc1nc(C2=NOCC(C)(c3cn(C)c4ccccc34)N2)ccc1-n1cnc(C)c1. The smallest absolute Gasteiger partial charge is 0.238 e. The van der Waals surface area contributed by atoms with Crippen LogP contribution < -0.4 is 10.1 Å². The summed E-state index contributed by atoms with van der Waals surface area (Å²) in [5, 5.41) is 8.99. The van der Waals surface area contributed by atoms with Gasteiger partial charge in [0.1, 0.15) is 23.5 Å². The molecular formula is C23H24N6O2. The Kier molecular flexibility index (Phi) is 4.43. The molecule has 0 saturated carbocycles. The summed E-state index contributed by atoms with van der Waals surface area (Å²) in [4.78, 5) is 14.6. The van der Waals surface area contributed by atoms with E-state index >= 15 is 0 Å². The van der Waals surface area contributed by atoms with Crippen molar-refractivity contribution in [2.45, 2.75) is 19.4 Å². The van der Waals surface area contributed by atoms with Gasteiger partial charge in [0.05, 0.1) is 19.1 Å². The van der Waals surface area contributed by atoms with Crippen LogP contribution in [0, 0.1) is 6.92 Å². The highest BCUT2D eigenvalue weighted by Gasteiger charge is 2.35. The molecule has 0 spiro atoms. The topological polar surface area (TPSA) is 78.5 Å². The van der Waals surface area contributed by atoms with E-state index in [1.165, 1.54) is 10.9 Å². The first kappa shape index (κ1) is 19.2. The van der Waals surface area contributed by atoms with Crippen LogP contribution in [0.2, 0.25) is 0 Å². The summed E-state index contributed by atoms with van der Waals surface area (Å²) in [5.41, 5.74) is 4.22. The molecule has 0 amide bonds. The Morgan fingerprint density at radius 2 is 2.00 bits per heavy atom. The van der Waals surface area contributed by atoms with Crippen LogP contribution >= 0.6 is 0 Å². The normalized spacial score (nSPS) is 18.4. The summed E-state index contributed by atoms with van der Waals surface area (Å²) in [7, 11) is 3.66. The molecule has 0 radical (unpaired) electrons. The van der Waals surface area contributed by atoms with Crippen LogP contribution in [0.1, 0.15) is 23.9 Å². The lowest BCUT2D eigenvalue weighted by Crippen LogP contribution is -2.50. The number of aryl methyl sites for hydroxylation is 2. The fourth-order valence-electron chi connectivity index (χ4n) is 4.05. The van der Waals surface area contributed by atoms with E-state index in [1.807, 2.05) is 35.9 Å². The van der Waals surface area contributed by atoms with Crippen LogP contribution in [0.4, 0.5) is 0 Å². The van der Waals surface area contributed by atoms with Crippen molar-refractivity contribution in [3.8, 4) is 11.6 Å². The summed E-state index contributed by atoms with van der Waals surface area (Å²) in [6, 6.07) is 12.2. The lowest BCUT2D eigenvalue weighted by atomic mass is 9.91. The van der Waals surface area contributed by atoms with Gasteiger partial charge in [-0.25, -0.2) is 9.97 Å². The van der Waals surface area contributed by atoms with Gasteiger partial charge in [-0.1, -0.05) is 23.4 Å². The first-order valence-corrected chi connectivity index (χ1v) is 10.1. The average Bonchev–Trinajstić information content (AvgIpc) is 3.37. The summed E-state index contributed by atoms with van der Waals surface area (Å²) >= 11 is 0. The predicted octanol–water partition coefficient (Wildman–Crippen LogP) is 3.27. The number of aromatic nitrogens is 4. The second-order valence-corrected chi connectivity index (χ2v) is 7.99. The summed E-state index contributed by atoms with van der Waals surface area (Å²) < 4.78 is 9.57. The molecule has 158 valence electrons. The number of pyridine rings is 1. The van der Waals surface area contributed by atoms with E-state index in [1.54, 1.807) is 13.4 Å². The molecule has 5 rings (SSSR count). The minimum absolute atomic E-state index is 0.411. The lowest BCUT2D eigenvalue weighted by Gasteiger charge is -2.34. The van der Waals surface area contributed by atoms with Gasteiger partial charge in [0.25, 0.3) is 0 Å². The number of oxime groups is 1. The van der Waals surface area contributed by atoms with Crippen LogP contribution in [0.5, 0.6) is 5.88 Å². The van der Waals surface area contributed by atoms with Crippen LogP contribution in [0.25, 0.3) is 16.6 Å². The molecule has 1 aromatic carbocycles. The second kappa shape index (κ2) is 7.16. The first-order chi connectivity index (χ1) is 15.0. The Hall–Kier alpha value is -3.81. The quantitative estimate of drug-likeness (QED) is 0.552. The van der Waals surface area contributed by atoms with E-state index in [0.29, 0.717) is 24.0 Å². The van der Waals surface area contributed by atoms with Crippen molar-refractivity contribution in [3.63, 3.8) is 0 Å². The lowest BCUT2D eigenvalue weighted by molar-refractivity contribution is 0.0710. The molecule has 4 heterocycles. The van der Waals surface area contributed by atoms with Crippen molar-refractivity contribution in [3.05, 3.63) is 72.1 Å². The van der Waals surface area contributed by atoms with Gasteiger partial charge in [0.15, 0.2) is 5.84 Å². The van der Waals surface area contributed by atoms with Crippen molar-refractivity contribution in [2.24, 2.45) is 12.2 Å². The van der Waals surface area contributed by atoms with Crippen molar-refractivity contribution < 1.29 is 9.57 Å². The van der Waals surface area contributed by atoms with E-state index in [9.17, 15) is 0 Å². The molecule has 1 N–H and O–H groups in total. The number of nitrogens with one attached hydrogen (secondary N) is 1. The Balaban J connectivity index is 1.51. The molecule has 31 heavy (non-hydrogen) atoms.